The Balaban J connectivity index is 2.08. The number of aliphatic hydroxyl groups is 1. The van der Waals surface area contributed by atoms with Gasteiger partial charge in [0.15, 0.2) is 0 Å². The van der Waals surface area contributed by atoms with Crippen molar-refractivity contribution in [2.45, 2.75) is 25.7 Å². The lowest BCUT2D eigenvalue weighted by Crippen LogP contribution is -2.28. The van der Waals surface area contributed by atoms with Crippen molar-refractivity contribution in [1.29, 1.82) is 0 Å². The minimum atomic E-state index is 0.130. The van der Waals surface area contributed by atoms with Crippen LogP contribution in [-0.2, 0) is 0 Å². The van der Waals surface area contributed by atoms with Crippen LogP contribution in [0.2, 0.25) is 0 Å². The number of anilines is 1. The van der Waals surface area contributed by atoms with Gasteiger partial charge in [-0.25, -0.2) is 4.98 Å². The second-order valence-corrected chi connectivity index (χ2v) is 4.59. The summed E-state index contributed by atoms with van der Waals surface area (Å²) in [6.07, 6.45) is 3.95. The van der Waals surface area contributed by atoms with Gasteiger partial charge in [-0.2, -0.15) is 14.6 Å². The van der Waals surface area contributed by atoms with Gasteiger partial charge in [0.2, 0.25) is 0 Å². The van der Waals surface area contributed by atoms with Crippen LogP contribution in [-0.4, -0.2) is 44.4 Å². The van der Waals surface area contributed by atoms with E-state index in [1.54, 1.807) is 4.52 Å². The van der Waals surface area contributed by atoms with E-state index in [9.17, 15) is 0 Å². The maximum atomic E-state index is 9.14. The monoisotopic (exact) mass is 247 g/mol. The van der Waals surface area contributed by atoms with E-state index in [1.807, 2.05) is 0 Å². The van der Waals surface area contributed by atoms with E-state index >= 15 is 0 Å². The van der Waals surface area contributed by atoms with Crippen molar-refractivity contribution < 1.29 is 5.11 Å². The highest BCUT2D eigenvalue weighted by Crippen LogP contribution is 2.40. The van der Waals surface area contributed by atoms with Crippen LogP contribution in [0.3, 0.4) is 0 Å². The van der Waals surface area contributed by atoms with Gasteiger partial charge >= 0.3 is 0 Å². The molecule has 0 unspecified atom stereocenters. The fourth-order valence-corrected chi connectivity index (χ4v) is 2.18. The van der Waals surface area contributed by atoms with Crippen molar-refractivity contribution in [1.82, 2.24) is 19.6 Å². The molecule has 6 nitrogen and oxygen atoms in total. The highest BCUT2D eigenvalue weighted by atomic mass is 16.3. The van der Waals surface area contributed by atoms with Gasteiger partial charge < -0.3 is 10.0 Å². The highest BCUT2D eigenvalue weighted by Gasteiger charge is 2.27. The molecule has 0 radical (unpaired) electrons. The topological polar surface area (TPSA) is 66.5 Å². The molecule has 1 N–H and O–H groups in total. The number of nitrogens with zero attached hydrogens (tertiary/aromatic N) is 5. The van der Waals surface area contributed by atoms with E-state index in [0.717, 1.165) is 18.1 Å². The third-order valence-electron chi connectivity index (χ3n) is 3.32. The molecule has 0 atom stereocenters. The Morgan fingerprint density at radius 2 is 2.33 bits per heavy atom. The van der Waals surface area contributed by atoms with Crippen molar-refractivity contribution in [3.8, 4) is 0 Å². The molecule has 1 fully saturated rings. The molecule has 0 saturated heterocycles. The Bertz CT molecular complexity index is 548. The first kappa shape index (κ1) is 11.4. The Morgan fingerprint density at radius 3 is 3.00 bits per heavy atom. The fraction of sp³-hybridized carbons (Fsp3) is 0.583. The van der Waals surface area contributed by atoms with Gasteiger partial charge in [-0.3, -0.25) is 0 Å². The van der Waals surface area contributed by atoms with Gasteiger partial charge in [0.25, 0.3) is 5.78 Å². The summed E-state index contributed by atoms with van der Waals surface area (Å²) in [5.74, 6) is 2.19. The first-order valence-electron chi connectivity index (χ1n) is 6.40. The Labute approximate surface area is 105 Å². The van der Waals surface area contributed by atoms with E-state index in [0.29, 0.717) is 18.2 Å². The SMILES string of the molecule is CCN(CCO)c1cc(C2CC2)nc2ncnn12. The van der Waals surface area contributed by atoms with Crippen LogP contribution in [0.1, 0.15) is 31.4 Å². The number of hydrogen-bond acceptors (Lipinski definition) is 5. The number of hydrogen-bond donors (Lipinski definition) is 1. The van der Waals surface area contributed by atoms with Crippen molar-refractivity contribution in [2.75, 3.05) is 24.6 Å². The zero-order valence-corrected chi connectivity index (χ0v) is 10.5. The third-order valence-corrected chi connectivity index (χ3v) is 3.32. The van der Waals surface area contributed by atoms with E-state index in [-0.39, 0.29) is 6.61 Å². The molecule has 2 heterocycles. The van der Waals surface area contributed by atoms with Gasteiger partial charge in [0.1, 0.15) is 12.1 Å². The quantitative estimate of drug-likeness (QED) is 0.847. The summed E-state index contributed by atoms with van der Waals surface area (Å²) >= 11 is 0. The second-order valence-electron chi connectivity index (χ2n) is 4.59. The zero-order chi connectivity index (χ0) is 12.5. The summed E-state index contributed by atoms with van der Waals surface area (Å²) in [6, 6.07) is 2.08. The van der Waals surface area contributed by atoms with Gasteiger partial charge in [0.05, 0.1) is 12.3 Å². The van der Waals surface area contributed by atoms with E-state index in [2.05, 4.69) is 33.0 Å². The second kappa shape index (κ2) is 4.53. The smallest absolute Gasteiger partial charge is 0.254 e. The van der Waals surface area contributed by atoms with Gasteiger partial charge in [-0.1, -0.05) is 0 Å². The molecular formula is C12H17N5O. The van der Waals surface area contributed by atoms with Crippen LogP contribution in [0.4, 0.5) is 5.82 Å². The van der Waals surface area contributed by atoms with Crippen molar-refractivity contribution >= 4 is 11.6 Å². The van der Waals surface area contributed by atoms with Gasteiger partial charge in [-0.15, -0.1) is 0 Å². The van der Waals surface area contributed by atoms with Crippen LogP contribution < -0.4 is 4.90 Å². The molecule has 2 aromatic rings. The predicted octanol–water partition coefficient (Wildman–Crippen LogP) is 0.820. The maximum absolute atomic E-state index is 9.14. The summed E-state index contributed by atoms with van der Waals surface area (Å²) in [7, 11) is 0. The fourth-order valence-electron chi connectivity index (χ4n) is 2.18. The van der Waals surface area contributed by atoms with Crippen LogP contribution in [0, 0.1) is 0 Å². The number of fused-ring (bicyclic) bond motifs is 1. The summed E-state index contributed by atoms with van der Waals surface area (Å²) in [5.41, 5.74) is 1.10. The van der Waals surface area contributed by atoms with Crippen LogP contribution in [0.5, 0.6) is 0 Å². The molecule has 3 rings (SSSR count). The Hall–Kier alpha value is -1.69. The van der Waals surface area contributed by atoms with Crippen LogP contribution in [0.15, 0.2) is 12.4 Å². The number of aliphatic hydroxyl groups excluding tert-OH is 1. The standard InChI is InChI=1S/C12H17N5O/c1-2-16(5-6-18)11-7-10(9-3-4-9)15-12-13-8-14-17(11)12/h7-9,18H,2-6H2,1H3. The van der Waals surface area contributed by atoms with E-state index < -0.39 is 0 Å². The normalized spacial score (nSPS) is 15.2. The lowest BCUT2D eigenvalue weighted by atomic mass is 10.2. The zero-order valence-electron chi connectivity index (χ0n) is 10.5. The summed E-state index contributed by atoms with van der Waals surface area (Å²) < 4.78 is 1.74. The van der Waals surface area contributed by atoms with Gasteiger partial charge in [0, 0.05) is 25.1 Å². The minimum absolute atomic E-state index is 0.130. The lowest BCUT2D eigenvalue weighted by Gasteiger charge is -2.22. The summed E-state index contributed by atoms with van der Waals surface area (Å²) in [6.45, 7) is 3.62. The average Bonchev–Trinajstić information content (AvgIpc) is 3.13. The Kier molecular flexibility index (Phi) is 2.87. The molecule has 2 aromatic heterocycles. The minimum Gasteiger partial charge on any atom is -0.395 e. The van der Waals surface area contributed by atoms with Crippen molar-refractivity contribution in [3.63, 3.8) is 0 Å². The van der Waals surface area contributed by atoms with E-state index in [4.69, 9.17) is 5.11 Å². The third kappa shape index (κ3) is 1.92. The molecule has 0 amide bonds. The molecular weight excluding hydrogens is 230 g/mol. The highest BCUT2D eigenvalue weighted by molar-refractivity contribution is 5.48. The molecule has 0 aliphatic heterocycles. The molecule has 1 aliphatic carbocycles. The molecule has 96 valence electrons. The number of rotatable bonds is 5. The van der Waals surface area contributed by atoms with Crippen LogP contribution >= 0.6 is 0 Å². The molecule has 6 heteroatoms. The molecule has 1 saturated carbocycles. The molecule has 18 heavy (non-hydrogen) atoms. The Morgan fingerprint density at radius 1 is 1.50 bits per heavy atom. The predicted molar refractivity (Wildman–Crippen MR) is 67.7 cm³/mol. The van der Waals surface area contributed by atoms with E-state index in [1.165, 1.54) is 19.2 Å². The van der Waals surface area contributed by atoms with Crippen molar-refractivity contribution in [2.24, 2.45) is 0 Å². The largest absolute Gasteiger partial charge is 0.395 e. The summed E-state index contributed by atoms with van der Waals surface area (Å²) in [5, 5.41) is 13.4. The first-order valence-corrected chi connectivity index (χ1v) is 6.40. The molecule has 0 aromatic carbocycles. The molecule has 0 spiro atoms. The van der Waals surface area contributed by atoms with Crippen LogP contribution in [0.25, 0.3) is 5.78 Å². The van der Waals surface area contributed by atoms with Gasteiger partial charge in [-0.05, 0) is 19.8 Å². The average molecular weight is 247 g/mol. The maximum Gasteiger partial charge on any atom is 0.254 e. The lowest BCUT2D eigenvalue weighted by molar-refractivity contribution is 0.302. The van der Waals surface area contributed by atoms with Crippen molar-refractivity contribution in [3.05, 3.63) is 18.1 Å². The number of aromatic nitrogens is 4. The number of likely N-dealkylation sites (N-methyl/N-ethyl adjacent to an activating group) is 1. The molecule has 1 aliphatic rings. The summed E-state index contributed by atoms with van der Waals surface area (Å²) in [4.78, 5) is 10.8. The molecule has 0 bridgehead atoms. The first-order chi connectivity index (χ1) is 8.83.